The average molecular weight is 362 g/mol. The summed E-state index contributed by atoms with van der Waals surface area (Å²) in [5, 5.41) is 9.81. The molecule has 0 aliphatic heterocycles. The number of amides is 4. The van der Waals surface area contributed by atoms with Gasteiger partial charge in [-0.1, -0.05) is 0 Å². The number of methoxy groups -OCH3 is 2. The Kier molecular flexibility index (Phi) is 11.5. The fourth-order valence-corrected chi connectivity index (χ4v) is 1.50. The summed E-state index contributed by atoms with van der Waals surface area (Å²) in [7, 11) is 2.41. The fraction of sp³-hybridized carbons (Fsp3) is 0.714. The Bertz CT molecular complexity index is 418. The van der Waals surface area contributed by atoms with E-state index in [0.717, 1.165) is 0 Å². The van der Waals surface area contributed by atoms with Gasteiger partial charge in [-0.2, -0.15) is 0 Å². The minimum atomic E-state index is -0.726. The number of carbonyl (C=O) groups is 4. The van der Waals surface area contributed by atoms with Crippen LogP contribution in [0, 0.1) is 0 Å². The van der Waals surface area contributed by atoms with Crippen molar-refractivity contribution in [2.24, 2.45) is 0 Å². The number of ether oxygens (including phenoxy) is 3. The second-order valence-electron chi connectivity index (χ2n) is 4.91. The van der Waals surface area contributed by atoms with Gasteiger partial charge in [0.15, 0.2) is 0 Å². The van der Waals surface area contributed by atoms with Crippen molar-refractivity contribution in [1.82, 2.24) is 21.3 Å². The topological polar surface area (TPSA) is 144 Å². The van der Waals surface area contributed by atoms with E-state index >= 15 is 0 Å². The van der Waals surface area contributed by atoms with Crippen LogP contribution < -0.4 is 21.3 Å². The molecule has 0 fully saturated rings. The van der Waals surface area contributed by atoms with E-state index in [9.17, 15) is 19.2 Å². The van der Waals surface area contributed by atoms with Crippen molar-refractivity contribution in [3.8, 4) is 0 Å². The third kappa shape index (κ3) is 10.8. The van der Waals surface area contributed by atoms with Gasteiger partial charge in [-0.05, 0) is 13.8 Å². The summed E-state index contributed by atoms with van der Waals surface area (Å²) in [4.78, 5) is 45.1. The van der Waals surface area contributed by atoms with Crippen molar-refractivity contribution in [2.45, 2.75) is 25.9 Å². The highest BCUT2D eigenvalue weighted by atomic mass is 16.5. The van der Waals surface area contributed by atoms with E-state index in [4.69, 9.17) is 4.74 Å². The Morgan fingerprint density at radius 3 is 1.44 bits per heavy atom. The summed E-state index contributed by atoms with van der Waals surface area (Å²) in [6, 6.07) is -1.45. The smallest absolute Gasteiger partial charge is 0.407 e. The highest BCUT2D eigenvalue weighted by Crippen LogP contribution is 1.85. The standard InChI is InChI=1S/C14H26N4O7/c1-9(17-13(21)23-3)11(19)15-5-7-25-8-6-16-12(20)10(2)18-14(22)24-4/h9-10H,5-8H2,1-4H3,(H,15,19)(H,16,20)(H,17,21)(H,18,22). The summed E-state index contributed by atoms with van der Waals surface area (Å²) in [5.74, 6) is -0.741. The van der Waals surface area contributed by atoms with Crippen LogP contribution in [-0.4, -0.2) is 76.6 Å². The molecular weight excluding hydrogens is 336 g/mol. The molecule has 11 heteroatoms. The second kappa shape index (κ2) is 12.8. The van der Waals surface area contributed by atoms with Crippen LogP contribution in [0.15, 0.2) is 0 Å². The molecule has 0 radical (unpaired) electrons. The molecule has 11 nitrogen and oxygen atoms in total. The number of rotatable bonds is 10. The lowest BCUT2D eigenvalue weighted by Crippen LogP contribution is -2.46. The SMILES string of the molecule is COC(=O)NC(C)C(=O)NCCOCCNC(=O)C(C)NC(=O)OC. The number of hydrogen-bond donors (Lipinski definition) is 4. The molecule has 144 valence electrons. The van der Waals surface area contributed by atoms with Gasteiger partial charge in [0, 0.05) is 13.1 Å². The zero-order chi connectivity index (χ0) is 19.2. The first-order valence-corrected chi connectivity index (χ1v) is 7.64. The van der Waals surface area contributed by atoms with Crippen molar-refractivity contribution >= 4 is 24.0 Å². The zero-order valence-corrected chi connectivity index (χ0v) is 14.8. The molecule has 4 N–H and O–H groups in total. The van der Waals surface area contributed by atoms with Crippen molar-refractivity contribution in [2.75, 3.05) is 40.5 Å². The second-order valence-corrected chi connectivity index (χ2v) is 4.91. The van der Waals surface area contributed by atoms with Crippen LogP contribution in [-0.2, 0) is 23.8 Å². The van der Waals surface area contributed by atoms with Crippen LogP contribution in [0.1, 0.15) is 13.8 Å². The maximum atomic E-state index is 11.6. The van der Waals surface area contributed by atoms with Crippen molar-refractivity contribution in [3.63, 3.8) is 0 Å². The van der Waals surface area contributed by atoms with E-state index in [-0.39, 0.29) is 38.1 Å². The quantitative estimate of drug-likeness (QED) is 0.354. The molecule has 0 saturated carbocycles. The minimum Gasteiger partial charge on any atom is -0.453 e. The molecule has 0 aliphatic carbocycles. The molecule has 0 heterocycles. The van der Waals surface area contributed by atoms with E-state index < -0.39 is 24.3 Å². The summed E-state index contributed by atoms with van der Waals surface area (Å²) in [5.41, 5.74) is 0. The van der Waals surface area contributed by atoms with E-state index in [2.05, 4.69) is 30.7 Å². The molecule has 0 aromatic rings. The van der Waals surface area contributed by atoms with E-state index in [1.807, 2.05) is 0 Å². The van der Waals surface area contributed by atoms with Crippen molar-refractivity contribution < 1.29 is 33.4 Å². The molecule has 0 saturated heterocycles. The summed E-state index contributed by atoms with van der Waals surface area (Å²) >= 11 is 0. The Labute approximate surface area is 146 Å². The summed E-state index contributed by atoms with van der Waals surface area (Å²) in [6.45, 7) is 4.02. The fourth-order valence-electron chi connectivity index (χ4n) is 1.50. The minimum absolute atomic E-state index is 0.239. The van der Waals surface area contributed by atoms with Crippen LogP contribution in [0.4, 0.5) is 9.59 Å². The van der Waals surface area contributed by atoms with Gasteiger partial charge >= 0.3 is 12.2 Å². The lowest BCUT2D eigenvalue weighted by Gasteiger charge is -2.14. The normalized spacial score (nSPS) is 12.3. The van der Waals surface area contributed by atoms with Crippen LogP contribution in [0.25, 0.3) is 0 Å². The Morgan fingerprint density at radius 2 is 1.12 bits per heavy atom. The predicted molar refractivity (Wildman–Crippen MR) is 86.8 cm³/mol. The highest BCUT2D eigenvalue weighted by molar-refractivity contribution is 5.85. The van der Waals surface area contributed by atoms with Crippen LogP contribution in [0.2, 0.25) is 0 Å². The van der Waals surface area contributed by atoms with Gasteiger partial charge in [0.2, 0.25) is 11.8 Å². The molecule has 4 amide bonds. The van der Waals surface area contributed by atoms with E-state index in [1.54, 1.807) is 0 Å². The van der Waals surface area contributed by atoms with Crippen molar-refractivity contribution in [1.29, 1.82) is 0 Å². The Hall–Kier alpha value is -2.56. The first kappa shape index (κ1) is 22.4. The Morgan fingerprint density at radius 1 is 0.760 bits per heavy atom. The molecule has 0 spiro atoms. The third-order valence-electron chi connectivity index (χ3n) is 2.92. The lowest BCUT2D eigenvalue weighted by atomic mass is 10.3. The lowest BCUT2D eigenvalue weighted by molar-refractivity contribution is -0.123. The van der Waals surface area contributed by atoms with Gasteiger partial charge in [-0.15, -0.1) is 0 Å². The molecular formula is C14H26N4O7. The molecule has 0 bridgehead atoms. The molecule has 2 atom stereocenters. The van der Waals surface area contributed by atoms with Gasteiger partial charge < -0.3 is 35.5 Å². The van der Waals surface area contributed by atoms with Gasteiger partial charge in [-0.3, -0.25) is 9.59 Å². The maximum absolute atomic E-state index is 11.6. The first-order chi connectivity index (χ1) is 11.8. The zero-order valence-electron chi connectivity index (χ0n) is 14.8. The van der Waals surface area contributed by atoms with Crippen LogP contribution >= 0.6 is 0 Å². The van der Waals surface area contributed by atoms with Crippen molar-refractivity contribution in [3.05, 3.63) is 0 Å². The summed E-state index contributed by atoms with van der Waals surface area (Å²) in [6.07, 6.45) is -1.38. The van der Waals surface area contributed by atoms with E-state index in [1.165, 1.54) is 28.1 Å². The highest BCUT2D eigenvalue weighted by Gasteiger charge is 2.15. The van der Waals surface area contributed by atoms with Gasteiger partial charge in [0.25, 0.3) is 0 Å². The maximum Gasteiger partial charge on any atom is 0.407 e. The number of carbonyl (C=O) groups excluding carboxylic acids is 4. The number of alkyl carbamates (subject to hydrolysis) is 2. The van der Waals surface area contributed by atoms with Gasteiger partial charge in [-0.25, -0.2) is 9.59 Å². The largest absolute Gasteiger partial charge is 0.453 e. The summed E-state index contributed by atoms with van der Waals surface area (Å²) < 4.78 is 14.0. The van der Waals surface area contributed by atoms with Gasteiger partial charge in [0.1, 0.15) is 12.1 Å². The monoisotopic (exact) mass is 362 g/mol. The molecule has 2 unspecified atom stereocenters. The molecule has 25 heavy (non-hydrogen) atoms. The van der Waals surface area contributed by atoms with Crippen LogP contribution in [0.3, 0.4) is 0 Å². The van der Waals surface area contributed by atoms with Gasteiger partial charge in [0.05, 0.1) is 27.4 Å². The average Bonchev–Trinajstić information content (AvgIpc) is 2.59. The molecule has 0 aromatic heterocycles. The molecule has 0 aromatic carbocycles. The molecule has 0 rings (SSSR count). The molecule has 0 aliphatic rings. The Balaban J connectivity index is 3.70. The first-order valence-electron chi connectivity index (χ1n) is 7.64. The third-order valence-corrected chi connectivity index (χ3v) is 2.92. The van der Waals surface area contributed by atoms with E-state index in [0.29, 0.717) is 0 Å². The predicted octanol–water partition coefficient (Wildman–Crippen LogP) is -1.28. The number of nitrogens with one attached hydrogen (secondary N) is 4. The van der Waals surface area contributed by atoms with Crippen LogP contribution in [0.5, 0.6) is 0 Å². The number of hydrogen-bond acceptors (Lipinski definition) is 7.